The van der Waals surface area contributed by atoms with Crippen molar-refractivity contribution in [1.29, 1.82) is 0 Å². The zero-order chi connectivity index (χ0) is 18.7. The zero-order valence-electron chi connectivity index (χ0n) is 14.1. The lowest BCUT2D eigenvalue weighted by atomic mass is 10.2. The molecule has 0 spiro atoms. The van der Waals surface area contributed by atoms with E-state index >= 15 is 0 Å². The van der Waals surface area contributed by atoms with Crippen LogP contribution in [-0.2, 0) is 16.6 Å². The van der Waals surface area contributed by atoms with Crippen LogP contribution in [0, 0.1) is 0 Å². The minimum absolute atomic E-state index is 0.191. The van der Waals surface area contributed by atoms with Gasteiger partial charge in [-0.25, -0.2) is 12.7 Å². The summed E-state index contributed by atoms with van der Waals surface area (Å²) in [6.07, 6.45) is 3.04. The molecule has 2 aromatic carbocycles. The first-order valence-electron chi connectivity index (χ1n) is 7.87. The van der Waals surface area contributed by atoms with Crippen LogP contribution in [-0.4, -0.2) is 18.6 Å². The Morgan fingerprint density at radius 1 is 1.27 bits per heavy atom. The summed E-state index contributed by atoms with van der Waals surface area (Å²) < 4.78 is 32.5. The van der Waals surface area contributed by atoms with Crippen LogP contribution < -0.4 is 4.74 Å². The van der Waals surface area contributed by atoms with Crippen molar-refractivity contribution in [2.24, 2.45) is 4.99 Å². The maximum absolute atomic E-state index is 12.8. The highest BCUT2D eigenvalue weighted by Crippen LogP contribution is 2.31. The van der Waals surface area contributed by atoms with E-state index in [9.17, 15) is 8.42 Å². The summed E-state index contributed by atoms with van der Waals surface area (Å²) in [6.45, 7) is 5.65. The molecule has 0 unspecified atom stereocenters. The van der Waals surface area contributed by atoms with E-state index in [0.717, 1.165) is 5.56 Å². The molecule has 1 aliphatic heterocycles. The summed E-state index contributed by atoms with van der Waals surface area (Å²) in [5, 5.41) is 0.531. The van der Waals surface area contributed by atoms with Crippen LogP contribution in [0.1, 0.15) is 12.5 Å². The number of allylic oxidation sites excluding steroid dienone is 1. The molecule has 2 aromatic rings. The van der Waals surface area contributed by atoms with Crippen molar-refractivity contribution >= 4 is 27.5 Å². The number of aliphatic imine (C=N–C) groups is 1. The van der Waals surface area contributed by atoms with Crippen LogP contribution in [0.5, 0.6) is 5.75 Å². The van der Waals surface area contributed by atoms with Gasteiger partial charge in [-0.1, -0.05) is 42.4 Å². The molecule has 0 radical (unpaired) electrons. The molecule has 0 N–H and O–H groups in total. The summed E-state index contributed by atoms with van der Waals surface area (Å²) in [4.78, 5) is 4.62. The molecule has 0 aromatic heterocycles. The van der Waals surface area contributed by atoms with Gasteiger partial charge in [0.15, 0.2) is 0 Å². The van der Waals surface area contributed by atoms with Gasteiger partial charge in [0, 0.05) is 5.02 Å². The maximum Gasteiger partial charge on any atom is 0.266 e. The van der Waals surface area contributed by atoms with Gasteiger partial charge in [0.05, 0.1) is 11.4 Å². The summed E-state index contributed by atoms with van der Waals surface area (Å²) in [7, 11) is -3.66. The molecule has 0 fully saturated rings. The molecule has 26 heavy (non-hydrogen) atoms. The van der Waals surface area contributed by atoms with E-state index < -0.39 is 10.0 Å². The number of ether oxygens (including phenoxy) is 1. The van der Waals surface area contributed by atoms with Gasteiger partial charge in [-0.15, -0.1) is 0 Å². The molecule has 7 heteroatoms. The highest BCUT2D eigenvalue weighted by atomic mass is 35.5. The number of amidine groups is 1. The fourth-order valence-corrected chi connectivity index (χ4v) is 4.37. The summed E-state index contributed by atoms with van der Waals surface area (Å²) in [5.41, 5.74) is 0.722. The fourth-order valence-electron chi connectivity index (χ4n) is 2.56. The molecule has 1 heterocycles. The molecule has 0 bridgehead atoms. The number of halogens is 1. The number of nitrogens with zero attached hydrogens (tertiary/aromatic N) is 2. The van der Waals surface area contributed by atoms with Gasteiger partial charge < -0.3 is 4.74 Å². The standard InChI is InChI=1S/C19H17ClN2O3S/c1-3-18(21-19(4-2)25-16-10-7-9-15(20)12-16)22-13-14-8-5-6-11-17(14)26(22,23)24/h3-12H,1,13H2,2H3/b19-4+,21-18+. The second-order valence-corrected chi connectivity index (χ2v) is 7.75. The van der Waals surface area contributed by atoms with Crippen molar-refractivity contribution in [2.75, 3.05) is 0 Å². The Balaban J connectivity index is 1.92. The second-order valence-electron chi connectivity index (χ2n) is 5.48. The largest absolute Gasteiger partial charge is 0.439 e. The van der Waals surface area contributed by atoms with Gasteiger partial charge in [0.2, 0.25) is 5.88 Å². The van der Waals surface area contributed by atoms with E-state index in [2.05, 4.69) is 11.6 Å². The van der Waals surface area contributed by atoms with Gasteiger partial charge >= 0.3 is 0 Å². The van der Waals surface area contributed by atoms with E-state index in [1.807, 2.05) is 6.07 Å². The van der Waals surface area contributed by atoms with E-state index in [1.165, 1.54) is 10.4 Å². The van der Waals surface area contributed by atoms with Crippen molar-refractivity contribution < 1.29 is 13.2 Å². The van der Waals surface area contributed by atoms with E-state index in [0.29, 0.717) is 10.8 Å². The number of rotatable bonds is 4. The normalized spacial score (nSPS) is 16.3. The molecular weight excluding hydrogens is 372 g/mol. The lowest BCUT2D eigenvalue weighted by Gasteiger charge is -2.17. The van der Waals surface area contributed by atoms with Crippen LogP contribution >= 0.6 is 11.6 Å². The minimum Gasteiger partial charge on any atom is -0.439 e. The Labute approximate surface area is 157 Å². The van der Waals surface area contributed by atoms with Gasteiger partial charge in [0.25, 0.3) is 10.0 Å². The molecule has 0 saturated carbocycles. The Hall–Kier alpha value is -2.57. The van der Waals surface area contributed by atoms with Gasteiger partial charge in [-0.05, 0) is 48.9 Å². The van der Waals surface area contributed by atoms with Crippen LogP contribution in [0.3, 0.4) is 0 Å². The first-order valence-corrected chi connectivity index (χ1v) is 9.69. The fraction of sp³-hybridized carbons (Fsp3) is 0.105. The first kappa shape index (κ1) is 18.2. The third kappa shape index (κ3) is 3.52. The number of benzene rings is 2. The maximum atomic E-state index is 12.8. The smallest absolute Gasteiger partial charge is 0.266 e. The van der Waals surface area contributed by atoms with Crippen LogP contribution in [0.25, 0.3) is 0 Å². The van der Waals surface area contributed by atoms with Crippen molar-refractivity contribution in [3.63, 3.8) is 0 Å². The van der Waals surface area contributed by atoms with E-state index in [4.69, 9.17) is 16.3 Å². The minimum atomic E-state index is -3.66. The Kier molecular flexibility index (Phi) is 5.15. The number of hydrogen-bond acceptors (Lipinski definition) is 4. The van der Waals surface area contributed by atoms with Crippen molar-refractivity contribution in [2.45, 2.75) is 18.4 Å². The highest BCUT2D eigenvalue weighted by Gasteiger charge is 2.35. The number of fused-ring (bicyclic) bond motifs is 1. The summed E-state index contributed by atoms with van der Waals surface area (Å²) >= 11 is 5.96. The van der Waals surface area contributed by atoms with Crippen molar-refractivity contribution in [3.8, 4) is 5.75 Å². The Bertz CT molecular complexity index is 1010. The molecule has 0 aliphatic carbocycles. The lowest BCUT2D eigenvalue weighted by Crippen LogP contribution is -2.30. The van der Waals surface area contributed by atoms with Gasteiger partial charge in [-0.3, -0.25) is 0 Å². The molecule has 0 atom stereocenters. The van der Waals surface area contributed by atoms with Gasteiger partial charge in [0.1, 0.15) is 11.6 Å². The molecule has 1 aliphatic rings. The molecule has 0 amide bonds. The Morgan fingerprint density at radius 3 is 2.69 bits per heavy atom. The molecule has 0 saturated heterocycles. The summed E-state index contributed by atoms with van der Waals surface area (Å²) in [6, 6.07) is 13.8. The quantitative estimate of drug-likeness (QED) is 0.444. The zero-order valence-corrected chi connectivity index (χ0v) is 15.7. The third-order valence-electron chi connectivity index (χ3n) is 3.78. The van der Waals surface area contributed by atoms with E-state index in [-0.39, 0.29) is 23.2 Å². The molecular formula is C19H17ClN2O3S. The second kappa shape index (κ2) is 7.35. The number of hydrogen-bond donors (Lipinski definition) is 0. The first-order chi connectivity index (χ1) is 12.5. The SMILES string of the molecule is C=C/C(=N\C(=C/C)Oc1cccc(Cl)c1)N1Cc2ccccc2S1(=O)=O. The third-order valence-corrected chi connectivity index (χ3v) is 5.87. The monoisotopic (exact) mass is 388 g/mol. The molecule has 134 valence electrons. The van der Waals surface area contributed by atoms with Crippen molar-refractivity contribution in [1.82, 2.24) is 4.31 Å². The summed E-state index contributed by atoms with van der Waals surface area (Å²) in [5.74, 6) is 0.940. The number of sulfonamides is 1. The van der Waals surface area contributed by atoms with E-state index in [1.54, 1.807) is 55.5 Å². The molecule has 3 rings (SSSR count). The topological polar surface area (TPSA) is 59.0 Å². The van der Waals surface area contributed by atoms with Gasteiger partial charge in [-0.2, -0.15) is 4.99 Å². The average molecular weight is 389 g/mol. The predicted molar refractivity (Wildman–Crippen MR) is 103 cm³/mol. The lowest BCUT2D eigenvalue weighted by molar-refractivity contribution is 0.418. The molecule has 5 nitrogen and oxygen atoms in total. The average Bonchev–Trinajstić information content (AvgIpc) is 2.90. The van der Waals surface area contributed by atoms with Crippen LogP contribution in [0.15, 0.2) is 83.0 Å². The van der Waals surface area contributed by atoms with Crippen LogP contribution in [0.2, 0.25) is 5.02 Å². The highest BCUT2D eigenvalue weighted by molar-refractivity contribution is 7.90. The predicted octanol–water partition coefficient (Wildman–Crippen LogP) is 4.37. The van der Waals surface area contributed by atoms with Crippen LogP contribution in [0.4, 0.5) is 0 Å². The van der Waals surface area contributed by atoms with Crippen molar-refractivity contribution in [3.05, 3.63) is 83.7 Å². The Morgan fingerprint density at radius 2 is 2.04 bits per heavy atom.